The van der Waals surface area contributed by atoms with Crippen molar-refractivity contribution in [3.05, 3.63) is 249 Å². The molecule has 0 aliphatic heterocycles. The average Bonchev–Trinajstić information content (AvgIpc) is 4.09. The van der Waals surface area contributed by atoms with Crippen LogP contribution in [0.1, 0.15) is 0 Å². The Labute approximate surface area is 408 Å². The number of aromatic nitrogens is 5. The molecule has 0 spiro atoms. The number of hydrogen-bond donors (Lipinski definition) is 0. The van der Waals surface area contributed by atoms with Gasteiger partial charge in [0.1, 0.15) is 0 Å². The molecule has 0 aliphatic carbocycles. The van der Waals surface area contributed by atoms with Crippen molar-refractivity contribution in [2.24, 2.45) is 0 Å². The summed E-state index contributed by atoms with van der Waals surface area (Å²) in [7, 11) is 0. The van der Waals surface area contributed by atoms with Gasteiger partial charge in [-0.3, -0.25) is 4.57 Å². The summed E-state index contributed by atoms with van der Waals surface area (Å²) in [6.45, 7) is 0. The molecule has 0 unspecified atom stereocenters. The van der Waals surface area contributed by atoms with E-state index in [-0.39, 0.29) is 0 Å². The Morgan fingerprint density at radius 2 is 0.761 bits per heavy atom. The van der Waals surface area contributed by atoms with E-state index in [2.05, 4.69) is 262 Å². The van der Waals surface area contributed by atoms with Gasteiger partial charge in [0, 0.05) is 54.6 Å². The zero-order valence-corrected chi connectivity index (χ0v) is 38.4. The summed E-state index contributed by atoms with van der Waals surface area (Å²) in [5.74, 6) is 0.645. The maximum atomic E-state index is 5.48. The molecule has 11 aromatic carbocycles. The lowest BCUT2D eigenvalue weighted by molar-refractivity contribution is 1.01. The largest absolute Gasteiger partial charge is 0.309 e. The van der Waals surface area contributed by atoms with Crippen molar-refractivity contribution in [3.8, 4) is 50.8 Å². The van der Waals surface area contributed by atoms with Gasteiger partial charge in [0.15, 0.2) is 0 Å². The lowest BCUT2D eigenvalue weighted by Gasteiger charge is -2.14. The third-order valence-electron chi connectivity index (χ3n) is 14.6. The highest BCUT2D eigenvalue weighted by molar-refractivity contribution is 6.29. The van der Waals surface area contributed by atoms with Crippen LogP contribution in [-0.4, -0.2) is 23.7 Å². The summed E-state index contributed by atoms with van der Waals surface area (Å²) >= 11 is 0. The van der Waals surface area contributed by atoms with Crippen molar-refractivity contribution in [2.45, 2.75) is 0 Å². The van der Waals surface area contributed by atoms with Crippen LogP contribution in [0.15, 0.2) is 249 Å². The van der Waals surface area contributed by atoms with Gasteiger partial charge in [-0.2, -0.15) is 0 Å². The van der Waals surface area contributed by atoms with Crippen LogP contribution in [0, 0.1) is 0 Å². The van der Waals surface area contributed by atoms with Crippen molar-refractivity contribution in [2.75, 3.05) is 0 Å². The molecule has 0 aliphatic rings. The van der Waals surface area contributed by atoms with Crippen LogP contribution < -0.4 is 0 Å². The lowest BCUT2D eigenvalue weighted by Crippen LogP contribution is -2.03. The molecule has 0 amide bonds. The highest BCUT2D eigenvalue weighted by Crippen LogP contribution is 2.44. The predicted octanol–water partition coefficient (Wildman–Crippen LogP) is 17.1. The fourth-order valence-electron chi connectivity index (χ4n) is 11.5. The van der Waals surface area contributed by atoms with Gasteiger partial charge in [-0.1, -0.05) is 176 Å². The van der Waals surface area contributed by atoms with Crippen molar-refractivity contribution in [3.63, 3.8) is 0 Å². The molecule has 71 heavy (non-hydrogen) atoms. The Kier molecular flexibility index (Phi) is 8.59. The minimum absolute atomic E-state index is 0.645. The van der Waals surface area contributed by atoms with E-state index in [9.17, 15) is 0 Å². The van der Waals surface area contributed by atoms with Crippen molar-refractivity contribution in [1.29, 1.82) is 0 Å². The van der Waals surface area contributed by atoms with Gasteiger partial charge < -0.3 is 9.13 Å². The van der Waals surface area contributed by atoms with E-state index in [4.69, 9.17) is 9.97 Å². The molecule has 5 nitrogen and oxygen atoms in total. The van der Waals surface area contributed by atoms with Gasteiger partial charge in [-0.25, -0.2) is 9.97 Å². The Bertz CT molecular complexity index is 4570. The molecule has 0 saturated carbocycles. The Hall–Kier alpha value is -9.58. The molecule has 330 valence electrons. The van der Waals surface area contributed by atoms with Crippen LogP contribution in [0.25, 0.3) is 138 Å². The Balaban J connectivity index is 0.958. The molecule has 5 heteroatoms. The molecule has 4 heterocycles. The molecule has 15 rings (SSSR count). The molecule has 0 radical (unpaired) electrons. The van der Waals surface area contributed by atoms with E-state index >= 15 is 0 Å². The third-order valence-corrected chi connectivity index (χ3v) is 14.6. The number of fused-ring (bicyclic) bond motifs is 12. The third kappa shape index (κ3) is 6.00. The smallest absolute Gasteiger partial charge is 0.235 e. The highest BCUT2D eigenvalue weighted by atomic mass is 15.2. The van der Waals surface area contributed by atoms with E-state index in [0.29, 0.717) is 5.95 Å². The predicted molar refractivity (Wildman–Crippen MR) is 296 cm³/mol. The van der Waals surface area contributed by atoms with Gasteiger partial charge in [-0.05, 0) is 106 Å². The zero-order valence-electron chi connectivity index (χ0n) is 38.4. The first-order valence-electron chi connectivity index (χ1n) is 24.2. The monoisotopic (exact) mass is 903 g/mol. The fourth-order valence-corrected chi connectivity index (χ4v) is 11.5. The van der Waals surface area contributed by atoms with Crippen LogP contribution in [0.4, 0.5) is 0 Å². The standard InChI is InChI=1S/C66H41N5/c1-3-18-42(19-4-1)45-38-46(43-20-5-2-6-21-43)40-48(39-45)70-59-33-16-12-28-54(59)64-62(70)37-36-61-63(64)53-27-11-15-32-58(53)69(61)47-34-35-60-55(41-47)50-25-10-14-31-57(50)71(60)66-67-56-30-13-9-26-52(56)65(68-66)51-29-17-23-44-22-7-8-24-49(44)51/h1-41H. The van der Waals surface area contributed by atoms with Crippen molar-refractivity contribution < 1.29 is 0 Å². The molecule has 4 aromatic heterocycles. The molecule has 0 fully saturated rings. The number of rotatable bonds is 6. The van der Waals surface area contributed by atoms with E-state index in [1.165, 1.54) is 65.6 Å². The van der Waals surface area contributed by atoms with Crippen LogP contribution in [0.5, 0.6) is 0 Å². The molecule has 0 saturated heterocycles. The summed E-state index contributed by atoms with van der Waals surface area (Å²) in [5, 5.41) is 10.6. The Morgan fingerprint density at radius 3 is 1.42 bits per heavy atom. The molecular weight excluding hydrogens is 863 g/mol. The SMILES string of the molecule is c1ccc(-c2cc(-c3ccccc3)cc(-n3c4ccccc4c4c5c6ccccc6n(-c6ccc7c(c6)c6ccccc6n7-c6nc(-c7cccc8ccccc78)c7ccccc7n6)c5ccc43)c2)cc1. The minimum Gasteiger partial charge on any atom is -0.309 e. The van der Waals surface area contributed by atoms with Gasteiger partial charge >= 0.3 is 0 Å². The first-order chi connectivity index (χ1) is 35.2. The molecule has 15 aromatic rings. The summed E-state index contributed by atoms with van der Waals surface area (Å²) in [6, 6.07) is 89.9. The second-order valence-corrected chi connectivity index (χ2v) is 18.5. The van der Waals surface area contributed by atoms with Crippen LogP contribution in [-0.2, 0) is 0 Å². The quantitative estimate of drug-likeness (QED) is 0.167. The second-order valence-electron chi connectivity index (χ2n) is 18.5. The van der Waals surface area contributed by atoms with Crippen LogP contribution in [0.2, 0.25) is 0 Å². The maximum absolute atomic E-state index is 5.48. The normalized spacial score (nSPS) is 11.9. The number of nitrogens with zero attached hydrogens (tertiary/aromatic N) is 5. The second kappa shape index (κ2) is 15.5. The van der Waals surface area contributed by atoms with E-state index < -0.39 is 0 Å². The van der Waals surface area contributed by atoms with Crippen molar-refractivity contribution >= 4 is 87.1 Å². The molecule has 0 N–H and O–H groups in total. The Morgan fingerprint density at radius 1 is 0.268 bits per heavy atom. The van der Waals surface area contributed by atoms with Crippen molar-refractivity contribution in [1.82, 2.24) is 23.7 Å². The van der Waals surface area contributed by atoms with E-state index in [1.807, 2.05) is 0 Å². The minimum atomic E-state index is 0.645. The van der Waals surface area contributed by atoms with E-state index in [0.717, 1.165) is 66.4 Å². The van der Waals surface area contributed by atoms with Gasteiger partial charge in [-0.15, -0.1) is 0 Å². The summed E-state index contributed by atoms with van der Waals surface area (Å²) in [5.41, 5.74) is 16.6. The van der Waals surface area contributed by atoms with Gasteiger partial charge in [0.05, 0.1) is 44.3 Å². The lowest BCUT2D eigenvalue weighted by atomic mass is 9.98. The average molecular weight is 904 g/mol. The highest BCUT2D eigenvalue weighted by Gasteiger charge is 2.23. The summed E-state index contributed by atoms with van der Waals surface area (Å²) in [6.07, 6.45) is 0. The first-order valence-corrected chi connectivity index (χ1v) is 24.2. The number of benzene rings is 11. The first kappa shape index (κ1) is 39.4. The molecule has 0 atom stereocenters. The zero-order chi connectivity index (χ0) is 46.6. The van der Waals surface area contributed by atoms with Crippen LogP contribution >= 0.6 is 0 Å². The maximum Gasteiger partial charge on any atom is 0.235 e. The van der Waals surface area contributed by atoms with Gasteiger partial charge in [0.25, 0.3) is 0 Å². The molecular formula is C66H41N5. The molecule has 0 bridgehead atoms. The van der Waals surface area contributed by atoms with Gasteiger partial charge in [0.2, 0.25) is 5.95 Å². The fraction of sp³-hybridized carbons (Fsp3) is 0. The number of hydrogen-bond acceptors (Lipinski definition) is 2. The summed E-state index contributed by atoms with van der Waals surface area (Å²) in [4.78, 5) is 10.8. The van der Waals surface area contributed by atoms with E-state index in [1.54, 1.807) is 0 Å². The summed E-state index contributed by atoms with van der Waals surface area (Å²) < 4.78 is 7.17. The number of para-hydroxylation sites is 4. The topological polar surface area (TPSA) is 40.6 Å². The van der Waals surface area contributed by atoms with Crippen LogP contribution in [0.3, 0.4) is 0 Å².